The number of hydrogen-bond acceptors (Lipinski definition) is 5. The Labute approximate surface area is 136 Å². The van der Waals surface area contributed by atoms with Crippen LogP contribution >= 0.6 is 22.9 Å². The number of para-hydroxylation sites is 1. The molecule has 0 bridgehead atoms. The van der Waals surface area contributed by atoms with Crippen LogP contribution in [0, 0.1) is 6.92 Å². The number of aromatic nitrogens is 2. The number of furan rings is 1. The van der Waals surface area contributed by atoms with Gasteiger partial charge in [-0.05, 0) is 19.4 Å². The highest BCUT2D eigenvalue weighted by Crippen LogP contribution is 2.31. The number of hydrogen-bond donors (Lipinski definition) is 1. The van der Waals surface area contributed by atoms with Crippen molar-refractivity contribution in [1.82, 2.24) is 10.2 Å². The van der Waals surface area contributed by atoms with Gasteiger partial charge in [0.1, 0.15) is 5.01 Å². The number of nitrogens with one attached hydrogen (secondary N) is 1. The second-order valence-corrected chi connectivity index (χ2v) is 6.35. The maximum atomic E-state index is 12.4. The summed E-state index contributed by atoms with van der Waals surface area (Å²) < 4.78 is 5.63. The average molecular weight is 336 g/mol. The zero-order chi connectivity index (χ0) is 15.7. The fourth-order valence-electron chi connectivity index (χ4n) is 2.20. The van der Waals surface area contributed by atoms with Crippen LogP contribution in [0.4, 0.5) is 5.13 Å². The zero-order valence-electron chi connectivity index (χ0n) is 12.1. The van der Waals surface area contributed by atoms with Crippen LogP contribution in [0.25, 0.3) is 11.0 Å². The lowest BCUT2D eigenvalue weighted by molar-refractivity contribution is 0.0998. The summed E-state index contributed by atoms with van der Waals surface area (Å²) in [5.74, 6) is -0.0979. The molecule has 0 spiro atoms. The number of fused-ring (bicyclic) bond motifs is 1. The van der Waals surface area contributed by atoms with Crippen molar-refractivity contribution in [2.24, 2.45) is 0 Å². The van der Waals surface area contributed by atoms with E-state index in [1.54, 1.807) is 6.07 Å². The molecular weight excluding hydrogens is 322 g/mol. The molecule has 0 atom stereocenters. The first-order chi connectivity index (χ1) is 10.6. The van der Waals surface area contributed by atoms with E-state index in [0.29, 0.717) is 15.7 Å². The van der Waals surface area contributed by atoms with E-state index in [4.69, 9.17) is 16.0 Å². The molecule has 1 amide bonds. The summed E-state index contributed by atoms with van der Waals surface area (Å²) >= 11 is 7.47. The van der Waals surface area contributed by atoms with Crippen LogP contribution in [-0.2, 0) is 6.42 Å². The van der Waals surface area contributed by atoms with Crippen molar-refractivity contribution < 1.29 is 9.21 Å². The molecule has 0 saturated heterocycles. The predicted molar refractivity (Wildman–Crippen MR) is 87.8 cm³/mol. The van der Waals surface area contributed by atoms with E-state index in [0.717, 1.165) is 28.8 Å². The van der Waals surface area contributed by atoms with Gasteiger partial charge in [-0.1, -0.05) is 42.0 Å². The maximum Gasteiger partial charge on any atom is 0.293 e. The molecule has 2 heterocycles. The summed E-state index contributed by atoms with van der Waals surface area (Å²) in [6.45, 7) is 3.90. The van der Waals surface area contributed by atoms with E-state index in [1.165, 1.54) is 11.3 Å². The van der Waals surface area contributed by atoms with Crippen molar-refractivity contribution in [1.29, 1.82) is 0 Å². The molecular formula is C15H14ClN3O2S. The fourth-order valence-corrected chi connectivity index (χ4v) is 3.25. The highest BCUT2D eigenvalue weighted by molar-refractivity contribution is 7.15. The molecule has 0 fully saturated rings. The van der Waals surface area contributed by atoms with Crippen molar-refractivity contribution in [3.8, 4) is 0 Å². The number of carbonyl (C=O) groups excluding carboxylic acids is 1. The van der Waals surface area contributed by atoms with Crippen LogP contribution in [0.5, 0.6) is 0 Å². The van der Waals surface area contributed by atoms with Gasteiger partial charge in [0.2, 0.25) is 5.13 Å². The summed E-state index contributed by atoms with van der Waals surface area (Å²) in [4.78, 5) is 12.4. The van der Waals surface area contributed by atoms with E-state index in [2.05, 4.69) is 22.4 Å². The Bertz CT molecular complexity index is 841. The van der Waals surface area contributed by atoms with Gasteiger partial charge in [0.05, 0.1) is 5.02 Å². The van der Waals surface area contributed by atoms with Gasteiger partial charge in [-0.3, -0.25) is 10.1 Å². The van der Waals surface area contributed by atoms with Gasteiger partial charge in [0.25, 0.3) is 5.91 Å². The van der Waals surface area contributed by atoms with E-state index < -0.39 is 0 Å². The number of nitrogens with zero attached hydrogens (tertiary/aromatic N) is 2. The molecule has 0 aliphatic carbocycles. The summed E-state index contributed by atoms with van der Waals surface area (Å²) in [7, 11) is 0. The van der Waals surface area contributed by atoms with Gasteiger partial charge in [-0.15, -0.1) is 10.2 Å². The normalized spacial score (nSPS) is 11.0. The van der Waals surface area contributed by atoms with Gasteiger partial charge in [0, 0.05) is 17.4 Å². The molecule has 22 heavy (non-hydrogen) atoms. The van der Waals surface area contributed by atoms with Crippen molar-refractivity contribution in [2.45, 2.75) is 26.7 Å². The molecule has 3 aromatic rings. The van der Waals surface area contributed by atoms with Crippen LogP contribution in [0.1, 0.15) is 34.5 Å². The number of halogens is 1. The molecule has 0 aliphatic rings. The highest BCUT2D eigenvalue weighted by Gasteiger charge is 2.20. The van der Waals surface area contributed by atoms with Gasteiger partial charge in [-0.25, -0.2) is 0 Å². The van der Waals surface area contributed by atoms with Gasteiger partial charge < -0.3 is 4.42 Å². The van der Waals surface area contributed by atoms with Crippen molar-refractivity contribution >= 4 is 44.9 Å². The van der Waals surface area contributed by atoms with Crippen LogP contribution in [0.15, 0.2) is 22.6 Å². The number of carbonyl (C=O) groups is 1. The number of anilines is 1. The standard InChI is InChI=1S/C15H14ClN3O2S/c1-3-5-11-18-19-15(22-11)17-14(20)12-8(2)9-6-4-7-10(16)13(9)21-12/h4,6-7H,3,5H2,1-2H3,(H,17,19,20). The molecule has 1 N–H and O–H groups in total. The highest BCUT2D eigenvalue weighted by atomic mass is 35.5. The molecule has 7 heteroatoms. The molecule has 0 saturated carbocycles. The Morgan fingerprint density at radius 3 is 2.95 bits per heavy atom. The van der Waals surface area contributed by atoms with Crippen molar-refractivity contribution in [3.05, 3.63) is 39.6 Å². The Hall–Kier alpha value is -1.92. The first-order valence-corrected chi connectivity index (χ1v) is 8.11. The average Bonchev–Trinajstić information content (AvgIpc) is 3.06. The molecule has 0 radical (unpaired) electrons. The van der Waals surface area contributed by atoms with E-state index >= 15 is 0 Å². The van der Waals surface area contributed by atoms with Crippen LogP contribution in [-0.4, -0.2) is 16.1 Å². The molecule has 114 valence electrons. The minimum absolute atomic E-state index is 0.246. The summed E-state index contributed by atoms with van der Waals surface area (Å²) in [6, 6.07) is 5.44. The van der Waals surface area contributed by atoms with Crippen molar-refractivity contribution in [2.75, 3.05) is 5.32 Å². The third kappa shape index (κ3) is 2.71. The Morgan fingerprint density at radius 2 is 2.23 bits per heavy atom. The molecule has 0 aliphatic heterocycles. The predicted octanol–water partition coefficient (Wildman–Crippen LogP) is 4.45. The number of rotatable bonds is 4. The van der Waals surface area contributed by atoms with Crippen LogP contribution < -0.4 is 5.32 Å². The largest absolute Gasteiger partial charge is 0.449 e. The maximum absolute atomic E-state index is 12.4. The second kappa shape index (κ2) is 6.06. The van der Waals surface area contributed by atoms with Gasteiger partial charge >= 0.3 is 0 Å². The first-order valence-electron chi connectivity index (χ1n) is 6.91. The number of amides is 1. The third-order valence-electron chi connectivity index (χ3n) is 3.27. The Morgan fingerprint density at radius 1 is 1.41 bits per heavy atom. The van der Waals surface area contributed by atoms with Crippen LogP contribution in [0.2, 0.25) is 5.02 Å². The minimum Gasteiger partial charge on any atom is -0.449 e. The number of benzene rings is 1. The minimum atomic E-state index is -0.344. The van der Waals surface area contributed by atoms with Crippen LogP contribution in [0.3, 0.4) is 0 Å². The lowest BCUT2D eigenvalue weighted by Crippen LogP contribution is -2.11. The first kappa shape index (κ1) is 15.0. The molecule has 0 unspecified atom stereocenters. The second-order valence-electron chi connectivity index (χ2n) is 4.88. The molecule has 3 rings (SSSR count). The smallest absolute Gasteiger partial charge is 0.293 e. The van der Waals surface area contributed by atoms with Gasteiger partial charge in [0.15, 0.2) is 11.3 Å². The lowest BCUT2D eigenvalue weighted by Gasteiger charge is -1.98. The number of aryl methyl sites for hydroxylation is 2. The summed E-state index contributed by atoms with van der Waals surface area (Å²) in [5.41, 5.74) is 1.28. The van der Waals surface area contributed by atoms with Gasteiger partial charge in [-0.2, -0.15) is 0 Å². The Kier molecular flexibility index (Phi) is 4.13. The quantitative estimate of drug-likeness (QED) is 0.764. The topological polar surface area (TPSA) is 68.0 Å². The molecule has 5 nitrogen and oxygen atoms in total. The fraction of sp³-hybridized carbons (Fsp3) is 0.267. The van der Waals surface area contributed by atoms with E-state index in [1.807, 2.05) is 19.1 Å². The molecule has 2 aromatic heterocycles. The van der Waals surface area contributed by atoms with E-state index in [-0.39, 0.29) is 11.7 Å². The van der Waals surface area contributed by atoms with E-state index in [9.17, 15) is 4.79 Å². The summed E-state index contributed by atoms with van der Waals surface area (Å²) in [5, 5.41) is 13.4. The monoisotopic (exact) mass is 335 g/mol. The third-order valence-corrected chi connectivity index (χ3v) is 4.47. The Balaban J connectivity index is 1.88. The SMILES string of the molecule is CCCc1nnc(NC(=O)c2oc3c(Cl)cccc3c2C)s1. The molecule has 1 aromatic carbocycles. The zero-order valence-corrected chi connectivity index (χ0v) is 13.7. The van der Waals surface area contributed by atoms with Crippen molar-refractivity contribution in [3.63, 3.8) is 0 Å². The lowest BCUT2D eigenvalue weighted by atomic mass is 10.1. The summed E-state index contributed by atoms with van der Waals surface area (Å²) in [6.07, 6.45) is 1.84.